The second-order valence-electron chi connectivity index (χ2n) is 5.77. The summed E-state index contributed by atoms with van der Waals surface area (Å²) in [5.74, 6) is 1.59. The second-order valence-corrected chi connectivity index (χ2v) is 8.41. The predicted octanol–water partition coefficient (Wildman–Crippen LogP) is 5.53. The van der Waals surface area contributed by atoms with E-state index in [2.05, 4.69) is 15.5 Å². The fourth-order valence-corrected chi connectivity index (χ4v) is 4.35. The minimum absolute atomic E-state index is 0.281. The van der Waals surface area contributed by atoms with Gasteiger partial charge in [-0.25, -0.2) is 0 Å². The zero-order valence-electron chi connectivity index (χ0n) is 16.0. The number of benzene rings is 2. The van der Waals surface area contributed by atoms with Crippen molar-refractivity contribution in [1.82, 2.24) is 10.2 Å². The normalized spacial score (nSPS) is 10.6. The molecule has 29 heavy (non-hydrogen) atoms. The van der Waals surface area contributed by atoms with Crippen LogP contribution in [-0.4, -0.2) is 29.3 Å². The molecule has 6 nitrogen and oxygen atoms in total. The van der Waals surface area contributed by atoms with E-state index >= 15 is 0 Å². The number of thioether (sulfide) groups is 1. The molecule has 1 heterocycles. The van der Waals surface area contributed by atoms with Crippen LogP contribution in [0.1, 0.15) is 29.8 Å². The number of nitrogens with one attached hydrogen (secondary N) is 1. The van der Waals surface area contributed by atoms with E-state index in [0.717, 1.165) is 15.7 Å². The highest BCUT2D eigenvalue weighted by Crippen LogP contribution is 2.31. The molecule has 3 aromatic rings. The molecule has 0 radical (unpaired) electrons. The van der Waals surface area contributed by atoms with Gasteiger partial charge in [-0.1, -0.05) is 46.8 Å². The van der Waals surface area contributed by atoms with Crippen LogP contribution in [0.25, 0.3) is 0 Å². The highest BCUT2D eigenvalue weighted by molar-refractivity contribution is 8.00. The number of halogens is 1. The van der Waals surface area contributed by atoms with Crippen molar-refractivity contribution in [1.29, 1.82) is 0 Å². The first-order valence-corrected chi connectivity index (χ1v) is 11.2. The molecule has 1 N–H and O–H groups in total. The highest BCUT2D eigenvalue weighted by atomic mass is 35.5. The van der Waals surface area contributed by atoms with E-state index in [0.29, 0.717) is 40.4 Å². The first kappa shape index (κ1) is 21.4. The zero-order chi connectivity index (χ0) is 20.6. The number of amides is 1. The maximum absolute atomic E-state index is 12.6. The molecule has 0 unspecified atom stereocenters. The Bertz CT molecular complexity index is 981. The maximum Gasteiger partial charge on any atom is 0.257 e. The van der Waals surface area contributed by atoms with Gasteiger partial charge in [0.15, 0.2) is 15.8 Å². The van der Waals surface area contributed by atoms with Crippen molar-refractivity contribution in [2.75, 3.05) is 18.5 Å². The summed E-state index contributed by atoms with van der Waals surface area (Å²) in [4.78, 5) is 12.6. The minimum Gasteiger partial charge on any atom is -0.490 e. The molecule has 0 bridgehead atoms. The summed E-state index contributed by atoms with van der Waals surface area (Å²) in [6.45, 7) is 4.78. The number of carbonyl (C=O) groups is 1. The predicted molar refractivity (Wildman–Crippen MR) is 118 cm³/mol. The van der Waals surface area contributed by atoms with E-state index in [-0.39, 0.29) is 5.91 Å². The summed E-state index contributed by atoms with van der Waals surface area (Å²) < 4.78 is 11.9. The van der Waals surface area contributed by atoms with Crippen molar-refractivity contribution in [3.63, 3.8) is 0 Å². The van der Waals surface area contributed by atoms with Crippen LogP contribution in [0.4, 0.5) is 5.13 Å². The third kappa shape index (κ3) is 6.09. The second kappa shape index (κ2) is 10.5. The number of carbonyl (C=O) groups excluding carboxylic acids is 1. The Balaban J connectivity index is 1.63. The first-order valence-electron chi connectivity index (χ1n) is 9.00. The summed E-state index contributed by atoms with van der Waals surface area (Å²) >= 11 is 8.87. The number of ether oxygens (including phenoxy) is 2. The van der Waals surface area contributed by atoms with Gasteiger partial charge in [0.1, 0.15) is 0 Å². The Kier molecular flexibility index (Phi) is 7.74. The Morgan fingerprint density at radius 2 is 1.90 bits per heavy atom. The SMILES string of the molecule is CCOc1ccc(C(=O)Nc2nnc(SCc3cccc(Cl)c3)s2)cc1OCC. The topological polar surface area (TPSA) is 73.3 Å². The molecule has 0 saturated heterocycles. The number of anilines is 1. The van der Waals surface area contributed by atoms with Crippen molar-refractivity contribution in [3.05, 3.63) is 58.6 Å². The smallest absolute Gasteiger partial charge is 0.257 e. The van der Waals surface area contributed by atoms with Crippen LogP contribution >= 0.6 is 34.7 Å². The lowest BCUT2D eigenvalue weighted by Gasteiger charge is -2.12. The number of hydrogen-bond acceptors (Lipinski definition) is 7. The van der Waals surface area contributed by atoms with Crippen LogP contribution in [0.5, 0.6) is 11.5 Å². The summed E-state index contributed by atoms with van der Waals surface area (Å²) in [5, 5.41) is 12.1. The van der Waals surface area contributed by atoms with Crippen LogP contribution in [-0.2, 0) is 5.75 Å². The van der Waals surface area contributed by atoms with E-state index in [1.54, 1.807) is 30.0 Å². The fraction of sp³-hybridized carbons (Fsp3) is 0.250. The molecule has 3 rings (SSSR count). The molecule has 0 atom stereocenters. The van der Waals surface area contributed by atoms with E-state index in [9.17, 15) is 4.79 Å². The van der Waals surface area contributed by atoms with Gasteiger partial charge in [0.05, 0.1) is 13.2 Å². The van der Waals surface area contributed by atoms with Gasteiger partial charge in [-0.15, -0.1) is 10.2 Å². The van der Waals surface area contributed by atoms with Crippen molar-refractivity contribution < 1.29 is 14.3 Å². The quantitative estimate of drug-likeness (QED) is 0.342. The van der Waals surface area contributed by atoms with Crippen LogP contribution < -0.4 is 14.8 Å². The summed E-state index contributed by atoms with van der Waals surface area (Å²) in [5.41, 5.74) is 1.56. The molecule has 0 saturated carbocycles. The van der Waals surface area contributed by atoms with Crippen LogP contribution in [0.2, 0.25) is 5.02 Å². The average molecular weight is 450 g/mol. The van der Waals surface area contributed by atoms with E-state index in [1.165, 1.54) is 11.3 Å². The molecule has 0 aliphatic heterocycles. The van der Waals surface area contributed by atoms with Gasteiger partial charge >= 0.3 is 0 Å². The molecule has 0 aliphatic carbocycles. The van der Waals surface area contributed by atoms with Crippen molar-refractivity contribution in [2.45, 2.75) is 23.9 Å². The van der Waals surface area contributed by atoms with Gasteiger partial charge in [0.25, 0.3) is 5.91 Å². The minimum atomic E-state index is -0.281. The van der Waals surface area contributed by atoms with Crippen LogP contribution in [0, 0.1) is 0 Å². The molecule has 9 heteroatoms. The first-order chi connectivity index (χ1) is 14.1. The molecule has 2 aromatic carbocycles. The van der Waals surface area contributed by atoms with E-state index in [4.69, 9.17) is 21.1 Å². The van der Waals surface area contributed by atoms with Crippen molar-refractivity contribution in [3.8, 4) is 11.5 Å². The van der Waals surface area contributed by atoms with Crippen LogP contribution in [0.3, 0.4) is 0 Å². The van der Waals surface area contributed by atoms with Gasteiger partial charge in [0.2, 0.25) is 5.13 Å². The average Bonchev–Trinajstić information content (AvgIpc) is 3.15. The number of aromatic nitrogens is 2. The van der Waals surface area contributed by atoms with E-state index < -0.39 is 0 Å². The third-order valence-electron chi connectivity index (χ3n) is 3.68. The Morgan fingerprint density at radius 3 is 2.66 bits per heavy atom. The van der Waals surface area contributed by atoms with Gasteiger partial charge in [-0.2, -0.15) is 0 Å². The van der Waals surface area contributed by atoms with Gasteiger partial charge in [-0.05, 0) is 49.7 Å². The molecular weight excluding hydrogens is 430 g/mol. The van der Waals surface area contributed by atoms with Crippen molar-refractivity contribution in [2.24, 2.45) is 0 Å². The lowest BCUT2D eigenvalue weighted by atomic mass is 10.2. The monoisotopic (exact) mass is 449 g/mol. The number of rotatable bonds is 9. The number of hydrogen-bond donors (Lipinski definition) is 1. The molecule has 152 valence electrons. The van der Waals surface area contributed by atoms with Crippen molar-refractivity contribution >= 4 is 45.7 Å². The zero-order valence-corrected chi connectivity index (χ0v) is 18.4. The lowest BCUT2D eigenvalue weighted by Crippen LogP contribution is -2.12. The van der Waals surface area contributed by atoms with Gasteiger partial charge in [-0.3, -0.25) is 10.1 Å². The fourth-order valence-electron chi connectivity index (χ4n) is 2.45. The molecule has 0 spiro atoms. The summed E-state index contributed by atoms with van der Waals surface area (Å²) in [6.07, 6.45) is 0. The molecule has 1 amide bonds. The summed E-state index contributed by atoms with van der Waals surface area (Å²) in [6, 6.07) is 12.8. The standard InChI is InChI=1S/C20H20ClN3O3S2/c1-3-26-16-9-8-14(11-17(16)27-4-2)18(25)22-19-23-24-20(29-19)28-12-13-6-5-7-15(21)10-13/h5-11H,3-4,12H2,1-2H3,(H,22,23,25). The van der Waals surface area contributed by atoms with Crippen LogP contribution in [0.15, 0.2) is 46.8 Å². The van der Waals surface area contributed by atoms with Gasteiger partial charge < -0.3 is 9.47 Å². The molecule has 1 aromatic heterocycles. The third-order valence-corrected chi connectivity index (χ3v) is 5.96. The lowest BCUT2D eigenvalue weighted by molar-refractivity contribution is 0.102. The Morgan fingerprint density at radius 1 is 1.10 bits per heavy atom. The van der Waals surface area contributed by atoms with E-state index in [1.807, 2.05) is 38.1 Å². The molecular formula is C20H20ClN3O3S2. The Hall–Kier alpha value is -2.29. The maximum atomic E-state index is 12.6. The largest absolute Gasteiger partial charge is 0.490 e. The Labute approximate surface area is 182 Å². The molecule has 0 aliphatic rings. The number of nitrogens with zero attached hydrogens (tertiary/aromatic N) is 2. The van der Waals surface area contributed by atoms with Gasteiger partial charge in [0, 0.05) is 16.3 Å². The highest BCUT2D eigenvalue weighted by Gasteiger charge is 2.14. The summed E-state index contributed by atoms with van der Waals surface area (Å²) in [7, 11) is 0. The molecule has 0 fully saturated rings.